The summed E-state index contributed by atoms with van der Waals surface area (Å²) in [6, 6.07) is -0.696. The molecule has 3 atom stereocenters. The Labute approximate surface area is 349 Å². The minimum atomic E-state index is -0.783. The number of aliphatic hydroxyl groups excluding tert-OH is 2. The van der Waals surface area contributed by atoms with Gasteiger partial charge in [-0.05, 0) is 51.4 Å². The van der Waals surface area contributed by atoms with Crippen molar-refractivity contribution in [2.45, 2.75) is 289 Å². The van der Waals surface area contributed by atoms with Crippen molar-refractivity contribution in [3.63, 3.8) is 0 Å². The molecule has 3 N–H and O–H groups in total. The summed E-state index contributed by atoms with van der Waals surface area (Å²) in [5.41, 5.74) is 0. The number of nitrogens with one attached hydrogen (secondary N) is 1. The first-order chi connectivity index (χ1) is 27.5. The molecule has 6 nitrogen and oxygen atoms in total. The minimum absolute atomic E-state index is 0.0784. The maximum Gasteiger partial charge on any atom is 0.306 e. The van der Waals surface area contributed by atoms with E-state index in [1.54, 1.807) is 0 Å². The molecule has 0 aliphatic heterocycles. The number of allylic oxidation sites excluding steroid dienone is 2. The van der Waals surface area contributed by atoms with E-state index >= 15 is 0 Å². The molecule has 56 heavy (non-hydrogen) atoms. The van der Waals surface area contributed by atoms with Gasteiger partial charge in [-0.15, -0.1) is 0 Å². The monoisotopic (exact) mass is 792 g/mol. The number of amides is 1. The van der Waals surface area contributed by atoms with Gasteiger partial charge in [0.25, 0.3) is 0 Å². The molecule has 0 saturated carbocycles. The van der Waals surface area contributed by atoms with Crippen molar-refractivity contribution in [1.82, 2.24) is 5.32 Å². The Morgan fingerprint density at radius 3 is 1.29 bits per heavy atom. The summed E-state index contributed by atoms with van der Waals surface area (Å²) in [6.45, 7) is 6.47. The van der Waals surface area contributed by atoms with Gasteiger partial charge < -0.3 is 20.3 Å². The van der Waals surface area contributed by atoms with Gasteiger partial charge >= 0.3 is 5.97 Å². The van der Waals surface area contributed by atoms with Crippen molar-refractivity contribution in [3.05, 3.63) is 12.2 Å². The van der Waals surface area contributed by atoms with Crippen LogP contribution in [0.4, 0.5) is 0 Å². The van der Waals surface area contributed by atoms with Gasteiger partial charge in [-0.25, -0.2) is 0 Å². The van der Waals surface area contributed by atoms with Gasteiger partial charge in [-0.2, -0.15) is 0 Å². The van der Waals surface area contributed by atoms with Gasteiger partial charge in [-0.3, -0.25) is 9.59 Å². The first-order valence-electron chi connectivity index (χ1n) is 24.9. The zero-order valence-corrected chi connectivity index (χ0v) is 37.8. The number of rotatable bonds is 45. The van der Waals surface area contributed by atoms with E-state index in [9.17, 15) is 19.8 Å². The third kappa shape index (κ3) is 39.4. The summed E-state index contributed by atoms with van der Waals surface area (Å²) in [7, 11) is 0. The van der Waals surface area contributed by atoms with Gasteiger partial charge in [0.15, 0.2) is 0 Å². The van der Waals surface area contributed by atoms with Crippen molar-refractivity contribution < 1.29 is 24.5 Å². The number of carbonyl (C=O) groups is 2. The lowest BCUT2D eigenvalue weighted by atomic mass is 10.0. The Bertz CT molecular complexity index is 847. The molecule has 0 fully saturated rings. The molecule has 0 radical (unpaired) electrons. The molecular formula is C50H97NO5. The third-order valence-electron chi connectivity index (χ3n) is 11.6. The molecule has 0 spiro atoms. The SMILES string of the molecule is CCCCCC/C=C\CCCCCCCC(CC(=O)NC(CO)C(O)CCCCCCCCCCCCCC)OC(=O)CCCCCCCCCCCCCC. The maximum absolute atomic E-state index is 13.2. The highest BCUT2D eigenvalue weighted by molar-refractivity contribution is 5.77. The lowest BCUT2D eigenvalue weighted by Crippen LogP contribution is -2.46. The van der Waals surface area contributed by atoms with E-state index in [-0.39, 0.29) is 24.9 Å². The molecule has 0 aromatic heterocycles. The van der Waals surface area contributed by atoms with Gasteiger partial charge in [-0.1, -0.05) is 219 Å². The van der Waals surface area contributed by atoms with E-state index in [0.717, 1.165) is 57.8 Å². The zero-order valence-electron chi connectivity index (χ0n) is 37.8. The molecule has 332 valence electrons. The largest absolute Gasteiger partial charge is 0.462 e. The van der Waals surface area contributed by atoms with Crippen LogP contribution in [0.3, 0.4) is 0 Å². The molecule has 0 aliphatic rings. The smallest absolute Gasteiger partial charge is 0.306 e. The molecule has 3 unspecified atom stereocenters. The van der Waals surface area contributed by atoms with E-state index in [1.807, 2.05) is 0 Å². The van der Waals surface area contributed by atoms with E-state index in [2.05, 4.69) is 38.2 Å². The van der Waals surface area contributed by atoms with Crippen LogP contribution in [0.25, 0.3) is 0 Å². The Morgan fingerprint density at radius 1 is 0.500 bits per heavy atom. The molecule has 0 aromatic carbocycles. The lowest BCUT2D eigenvalue weighted by molar-refractivity contribution is -0.151. The fourth-order valence-corrected chi connectivity index (χ4v) is 7.78. The average Bonchev–Trinajstić information content (AvgIpc) is 3.19. The first kappa shape index (κ1) is 54.6. The Kier molecular flexibility index (Phi) is 43.6. The first-order valence-corrected chi connectivity index (χ1v) is 24.9. The quantitative estimate of drug-likeness (QED) is 0.0324. The molecular weight excluding hydrogens is 695 g/mol. The van der Waals surface area contributed by atoms with E-state index in [4.69, 9.17) is 4.74 Å². The van der Waals surface area contributed by atoms with Crippen LogP contribution in [0.1, 0.15) is 271 Å². The van der Waals surface area contributed by atoms with Gasteiger partial charge in [0, 0.05) is 6.42 Å². The number of unbranched alkanes of at least 4 members (excludes halogenated alkanes) is 31. The molecule has 6 heteroatoms. The fraction of sp³-hybridized carbons (Fsp3) is 0.920. The summed E-state index contributed by atoms with van der Waals surface area (Å²) in [5, 5.41) is 23.7. The van der Waals surface area contributed by atoms with Gasteiger partial charge in [0.1, 0.15) is 6.10 Å². The van der Waals surface area contributed by atoms with Crippen LogP contribution in [-0.4, -0.2) is 46.9 Å². The standard InChI is InChI=1S/C50H97NO5/c1-4-7-10-13-16-19-22-25-26-29-32-35-38-41-46(56-50(55)43-40-37-34-31-28-24-21-18-15-12-9-6-3)44-49(54)51-47(45-52)48(53)42-39-36-33-30-27-23-20-17-14-11-8-5-2/h19,22,46-48,52-53H,4-18,20-21,23-45H2,1-3H3,(H,51,54)/b22-19-. The van der Waals surface area contributed by atoms with Crippen LogP contribution in [0, 0.1) is 0 Å². The highest BCUT2D eigenvalue weighted by Gasteiger charge is 2.24. The van der Waals surface area contributed by atoms with Crippen molar-refractivity contribution in [3.8, 4) is 0 Å². The number of hydrogen-bond donors (Lipinski definition) is 3. The number of carbonyl (C=O) groups excluding carboxylic acids is 2. The molecule has 0 rings (SSSR count). The third-order valence-corrected chi connectivity index (χ3v) is 11.6. The molecule has 0 saturated heterocycles. The second kappa shape index (κ2) is 44.7. The van der Waals surface area contributed by atoms with Crippen LogP contribution in [0.5, 0.6) is 0 Å². The normalized spacial score (nSPS) is 13.3. The highest BCUT2D eigenvalue weighted by Crippen LogP contribution is 2.18. The predicted molar refractivity (Wildman–Crippen MR) is 241 cm³/mol. The van der Waals surface area contributed by atoms with Crippen LogP contribution in [0.15, 0.2) is 12.2 Å². The number of esters is 1. The highest BCUT2D eigenvalue weighted by atomic mass is 16.5. The molecule has 0 aliphatic carbocycles. The van der Waals surface area contributed by atoms with E-state index < -0.39 is 18.2 Å². The number of aliphatic hydroxyl groups is 2. The molecule has 0 aromatic rings. The number of hydrogen-bond acceptors (Lipinski definition) is 5. The van der Waals surface area contributed by atoms with Crippen LogP contribution >= 0.6 is 0 Å². The van der Waals surface area contributed by atoms with Crippen LogP contribution < -0.4 is 5.32 Å². The average molecular weight is 792 g/mol. The predicted octanol–water partition coefficient (Wildman–Crippen LogP) is 14.6. The van der Waals surface area contributed by atoms with E-state index in [0.29, 0.717) is 19.3 Å². The van der Waals surface area contributed by atoms with Crippen LogP contribution in [-0.2, 0) is 14.3 Å². The topological polar surface area (TPSA) is 95.9 Å². The Balaban J connectivity index is 4.56. The van der Waals surface area contributed by atoms with E-state index in [1.165, 1.54) is 167 Å². The maximum atomic E-state index is 13.2. The molecule has 0 heterocycles. The minimum Gasteiger partial charge on any atom is -0.462 e. The summed E-state index contributed by atoms with van der Waals surface area (Å²) >= 11 is 0. The Hall–Kier alpha value is -1.40. The molecule has 0 bridgehead atoms. The second-order valence-corrected chi connectivity index (χ2v) is 17.2. The van der Waals surface area contributed by atoms with Crippen LogP contribution in [0.2, 0.25) is 0 Å². The fourth-order valence-electron chi connectivity index (χ4n) is 7.78. The lowest BCUT2D eigenvalue weighted by Gasteiger charge is -2.24. The summed E-state index contributed by atoms with van der Waals surface area (Å²) in [6.07, 6.45) is 48.3. The summed E-state index contributed by atoms with van der Waals surface area (Å²) < 4.78 is 5.92. The van der Waals surface area contributed by atoms with Crippen molar-refractivity contribution in [1.29, 1.82) is 0 Å². The van der Waals surface area contributed by atoms with Gasteiger partial charge in [0.2, 0.25) is 5.91 Å². The molecule has 1 amide bonds. The number of ether oxygens (including phenoxy) is 1. The van der Waals surface area contributed by atoms with Crippen molar-refractivity contribution in [2.75, 3.05) is 6.61 Å². The van der Waals surface area contributed by atoms with Gasteiger partial charge in [0.05, 0.1) is 25.2 Å². The van der Waals surface area contributed by atoms with Crippen molar-refractivity contribution >= 4 is 11.9 Å². The summed E-state index contributed by atoms with van der Waals surface area (Å²) in [5.74, 6) is -0.468. The summed E-state index contributed by atoms with van der Waals surface area (Å²) in [4.78, 5) is 26.1. The van der Waals surface area contributed by atoms with Crippen molar-refractivity contribution in [2.24, 2.45) is 0 Å². The zero-order chi connectivity index (χ0) is 41.0. The Morgan fingerprint density at radius 2 is 0.857 bits per heavy atom. The second-order valence-electron chi connectivity index (χ2n) is 17.2.